The SMILES string of the molecule is C=C[C@H](N)c1cc(O)cc(O)c1.Cl. The summed E-state index contributed by atoms with van der Waals surface area (Å²) in [6.07, 6.45) is 1.54. The molecule has 0 spiro atoms. The van der Waals surface area contributed by atoms with Gasteiger partial charge in [-0.05, 0) is 17.7 Å². The van der Waals surface area contributed by atoms with Crippen LogP contribution >= 0.6 is 12.4 Å². The van der Waals surface area contributed by atoms with Gasteiger partial charge in [-0.1, -0.05) is 6.08 Å². The third-order valence-electron chi connectivity index (χ3n) is 1.56. The van der Waals surface area contributed by atoms with E-state index in [9.17, 15) is 0 Å². The quantitative estimate of drug-likeness (QED) is 0.639. The minimum atomic E-state index is -0.358. The zero-order valence-corrected chi connectivity index (χ0v) is 7.79. The second kappa shape index (κ2) is 4.74. The van der Waals surface area contributed by atoms with Crippen molar-refractivity contribution in [3.8, 4) is 11.5 Å². The van der Waals surface area contributed by atoms with Crippen LogP contribution < -0.4 is 5.73 Å². The number of phenols is 2. The van der Waals surface area contributed by atoms with Gasteiger partial charge in [-0.2, -0.15) is 0 Å². The lowest BCUT2D eigenvalue weighted by Crippen LogP contribution is -2.05. The fourth-order valence-corrected chi connectivity index (χ4v) is 0.947. The van der Waals surface area contributed by atoms with Crippen molar-refractivity contribution in [1.29, 1.82) is 0 Å². The number of hydrogen-bond donors (Lipinski definition) is 3. The maximum Gasteiger partial charge on any atom is 0.119 e. The largest absolute Gasteiger partial charge is 0.508 e. The summed E-state index contributed by atoms with van der Waals surface area (Å²) in [4.78, 5) is 0. The highest BCUT2D eigenvalue weighted by Crippen LogP contribution is 2.23. The topological polar surface area (TPSA) is 66.5 Å². The van der Waals surface area contributed by atoms with Gasteiger partial charge in [0.1, 0.15) is 11.5 Å². The van der Waals surface area contributed by atoms with Crippen molar-refractivity contribution in [3.63, 3.8) is 0 Å². The van der Waals surface area contributed by atoms with Crippen LogP contribution in [0.3, 0.4) is 0 Å². The van der Waals surface area contributed by atoms with Crippen LogP contribution in [-0.2, 0) is 0 Å². The molecule has 0 aliphatic rings. The first-order chi connectivity index (χ1) is 5.63. The van der Waals surface area contributed by atoms with E-state index < -0.39 is 0 Å². The lowest BCUT2D eigenvalue weighted by molar-refractivity contribution is 0.449. The zero-order chi connectivity index (χ0) is 9.14. The van der Waals surface area contributed by atoms with Crippen LogP contribution in [0.25, 0.3) is 0 Å². The Labute approximate surface area is 82.9 Å². The maximum absolute atomic E-state index is 9.09. The molecule has 0 saturated carbocycles. The number of aromatic hydroxyl groups is 2. The summed E-state index contributed by atoms with van der Waals surface area (Å²) in [7, 11) is 0. The molecule has 0 unspecified atom stereocenters. The first-order valence-electron chi connectivity index (χ1n) is 3.54. The van der Waals surface area contributed by atoms with Crippen LogP contribution in [0, 0.1) is 0 Å². The van der Waals surface area contributed by atoms with E-state index in [4.69, 9.17) is 15.9 Å². The summed E-state index contributed by atoms with van der Waals surface area (Å²) in [6, 6.07) is 3.88. The van der Waals surface area contributed by atoms with Crippen LogP contribution in [-0.4, -0.2) is 10.2 Å². The van der Waals surface area contributed by atoms with Crippen LogP contribution in [0.5, 0.6) is 11.5 Å². The lowest BCUT2D eigenvalue weighted by Gasteiger charge is -2.07. The van der Waals surface area contributed by atoms with Gasteiger partial charge in [-0.3, -0.25) is 0 Å². The molecule has 72 valence electrons. The lowest BCUT2D eigenvalue weighted by atomic mass is 10.1. The monoisotopic (exact) mass is 201 g/mol. The van der Waals surface area contributed by atoms with E-state index in [0.717, 1.165) is 0 Å². The molecule has 0 bridgehead atoms. The predicted octanol–water partition coefficient (Wildman–Crippen LogP) is 1.71. The summed E-state index contributed by atoms with van der Waals surface area (Å²) in [6.45, 7) is 3.51. The van der Waals surface area contributed by atoms with Crippen molar-refractivity contribution in [1.82, 2.24) is 0 Å². The first kappa shape index (κ1) is 11.8. The van der Waals surface area contributed by atoms with Crippen LogP contribution in [0.2, 0.25) is 0 Å². The highest BCUT2D eigenvalue weighted by molar-refractivity contribution is 5.85. The number of phenolic OH excluding ortho intramolecular Hbond substituents is 2. The Morgan fingerprint density at radius 2 is 1.69 bits per heavy atom. The Morgan fingerprint density at radius 3 is 2.08 bits per heavy atom. The first-order valence-corrected chi connectivity index (χ1v) is 3.54. The average molecular weight is 202 g/mol. The fourth-order valence-electron chi connectivity index (χ4n) is 0.947. The molecule has 4 N–H and O–H groups in total. The minimum Gasteiger partial charge on any atom is -0.508 e. The molecule has 3 nitrogen and oxygen atoms in total. The predicted molar refractivity (Wildman–Crippen MR) is 54.1 cm³/mol. The number of hydrogen-bond acceptors (Lipinski definition) is 3. The van der Waals surface area contributed by atoms with Crippen LogP contribution in [0.1, 0.15) is 11.6 Å². The smallest absolute Gasteiger partial charge is 0.119 e. The van der Waals surface area contributed by atoms with Gasteiger partial charge in [-0.25, -0.2) is 0 Å². The van der Waals surface area contributed by atoms with E-state index >= 15 is 0 Å². The molecule has 1 rings (SSSR count). The highest BCUT2D eigenvalue weighted by atomic mass is 35.5. The molecule has 0 aromatic heterocycles. The molecule has 0 saturated heterocycles. The van der Waals surface area contributed by atoms with E-state index in [2.05, 4.69) is 6.58 Å². The number of nitrogens with two attached hydrogens (primary N) is 1. The molecule has 0 aliphatic carbocycles. The van der Waals surface area contributed by atoms with Gasteiger partial charge in [0, 0.05) is 12.1 Å². The van der Waals surface area contributed by atoms with E-state index in [1.165, 1.54) is 24.3 Å². The van der Waals surface area contributed by atoms with Crippen LogP contribution in [0.15, 0.2) is 30.9 Å². The van der Waals surface area contributed by atoms with E-state index in [1.807, 2.05) is 0 Å². The van der Waals surface area contributed by atoms with E-state index in [1.54, 1.807) is 0 Å². The van der Waals surface area contributed by atoms with Crippen molar-refractivity contribution >= 4 is 12.4 Å². The Kier molecular flexibility index (Phi) is 4.31. The molecule has 0 aliphatic heterocycles. The molecule has 4 heteroatoms. The third kappa shape index (κ3) is 2.97. The molecule has 1 aromatic rings. The van der Waals surface area contributed by atoms with Crippen molar-refractivity contribution in [2.45, 2.75) is 6.04 Å². The standard InChI is InChI=1S/C9H11NO2.ClH/c1-2-9(10)6-3-7(11)5-8(12)4-6;/h2-5,9,11-12H,1,10H2;1H/t9-;/m0./s1. The van der Waals surface area contributed by atoms with Crippen molar-refractivity contribution in [3.05, 3.63) is 36.4 Å². The maximum atomic E-state index is 9.09. The minimum absolute atomic E-state index is 0. The summed E-state index contributed by atoms with van der Waals surface area (Å²) in [5.41, 5.74) is 6.23. The Bertz CT molecular complexity index is 281. The van der Waals surface area contributed by atoms with E-state index in [0.29, 0.717) is 5.56 Å². The van der Waals surface area contributed by atoms with E-state index in [-0.39, 0.29) is 29.9 Å². The average Bonchev–Trinajstić information content (AvgIpc) is 2.01. The van der Waals surface area contributed by atoms with Gasteiger partial charge in [0.15, 0.2) is 0 Å². The number of benzene rings is 1. The molecule has 0 heterocycles. The highest BCUT2D eigenvalue weighted by Gasteiger charge is 2.03. The molecule has 1 aromatic carbocycles. The van der Waals surface area contributed by atoms with Gasteiger partial charge in [0.05, 0.1) is 0 Å². The second-order valence-electron chi connectivity index (χ2n) is 2.54. The van der Waals surface area contributed by atoms with Crippen molar-refractivity contribution in [2.24, 2.45) is 5.73 Å². The van der Waals surface area contributed by atoms with Gasteiger partial charge < -0.3 is 15.9 Å². The third-order valence-corrected chi connectivity index (χ3v) is 1.56. The molecule has 13 heavy (non-hydrogen) atoms. The molecule has 0 fully saturated rings. The fraction of sp³-hybridized carbons (Fsp3) is 0.111. The molecular weight excluding hydrogens is 190 g/mol. The van der Waals surface area contributed by atoms with Crippen LogP contribution in [0.4, 0.5) is 0 Å². The summed E-state index contributed by atoms with van der Waals surface area (Å²) < 4.78 is 0. The summed E-state index contributed by atoms with van der Waals surface area (Å²) in [5.74, 6) is 0.00426. The van der Waals surface area contributed by atoms with Gasteiger partial charge in [0.25, 0.3) is 0 Å². The molecule has 1 atom stereocenters. The Hall–Kier alpha value is -1.19. The molecule has 0 radical (unpaired) electrons. The Morgan fingerprint density at radius 1 is 1.23 bits per heavy atom. The second-order valence-corrected chi connectivity index (χ2v) is 2.54. The number of halogens is 1. The van der Waals surface area contributed by atoms with Gasteiger partial charge in [-0.15, -0.1) is 19.0 Å². The van der Waals surface area contributed by atoms with Gasteiger partial charge in [0.2, 0.25) is 0 Å². The van der Waals surface area contributed by atoms with Crippen molar-refractivity contribution in [2.75, 3.05) is 0 Å². The zero-order valence-electron chi connectivity index (χ0n) is 6.97. The number of rotatable bonds is 2. The van der Waals surface area contributed by atoms with Crippen molar-refractivity contribution < 1.29 is 10.2 Å². The molecular formula is C9H12ClNO2. The summed E-state index contributed by atoms with van der Waals surface area (Å²) >= 11 is 0. The summed E-state index contributed by atoms with van der Waals surface area (Å²) in [5, 5.41) is 18.2. The Balaban J connectivity index is 0.00000144. The normalized spacial score (nSPS) is 11.5. The molecule has 0 amide bonds. The van der Waals surface area contributed by atoms with Gasteiger partial charge >= 0.3 is 0 Å².